The number of hydrogen-bond donors (Lipinski definition) is 0. The predicted octanol–water partition coefficient (Wildman–Crippen LogP) is 3.50. The summed E-state index contributed by atoms with van der Waals surface area (Å²) in [5.74, 6) is -0.160. The first-order valence-corrected chi connectivity index (χ1v) is 4.86. The minimum Gasteiger partial charge on any atom is -0.256 e. The van der Waals surface area contributed by atoms with Crippen molar-refractivity contribution in [1.82, 2.24) is 4.98 Å². The number of nitrogens with zero attached hydrogens (tertiary/aromatic N) is 1. The molecule has 0 radical (unpaired) electrons. The molecule has 0 aliphatic heterocycles. The van der Waals surface area contributed by atoms with Crippen LogP contribution in [0.4, 0.5) is 4.39 Å². The summed E-state index contributed by atoms with van der Waals surface area (Å²) in [5.41, 5.74) is 3.45. The lowest BCUT2D eigenvalue weighted by molar-refractivity contribution is 0.617. The van der Waals surface area contributed by atoms with Crippen molar-refractivity contribution in [3.63, 3.8) is 0 Å². The van der Waals surface area contributed by atoms with Gasteiger partial charge in [0.15, 0.2) is 0 Å². The molecule has 0 amide bonds. The zero-order chi connectivity index (χ0) is 10.8. The molecule has 2 aromatic rings. The molecule has 2 heteroatoms. The van der Waals surface area contributed by atoms with Gasteiger partial charge in [-0.15, -0.1) is 0 Å². The standard InChI is InChI=1S/C13H12FN/c1-9-8-12(14)10(2)7-11(9)13-5-3-4-6-15-13/h3-8H,1-2H3. The quantitative estimate of drug-likeness (QED) is 0.688. The lowest BCUT2D eigenvalue weighted by atomic mass is 10.0. The second kappa shape index (κ2) is 3.81. The first kappa shape index (κ1) is 9.84. The summed E-state index contributed by atoms with van der Waals surface area (Å²) in [6.07, 6.45) is 1.74. The summed E-state index contributed by atoms with van der Waals surface area (Å²) in [7, 11) is 0. The maximum atomic E-state index is 13.3. The molecule has 1 nitrogen and oxygen atoms in total. The maximum absolute atomic E-state index is 13.3. The Hall–Kier alpha value is -1.70. The zero-order valence-corrected chi connectivity index (χ0v) is 8.79. The number of rotatable bonds is 1. The van der Waals surface area contributed by atoms with Crippen LogP contribution in [0.25, 0.3) is 11.3 Å². The molecule has 0 unspecified atom stereocenters. The predicted molar refractivity (Wildman–Crippen MR) is 59.1 cm³/mol. The molecule has 0 saturated heterocycles. The summed E-state index contributed by atoms with van der Waals surface area (Å²) in [6, 6.07) is 9.13. The molecule has 0 aliphatic carbocycles. The van der Waals surface area contributed by atoms with Crippen LogP contribution in [0.2, 0.25) is 0 Å². The highest BCUT2D eigenvalue weighted by atomic mass is 19.1. The summed E-state index contributed by atoms with van der Waals surface area (Å²) in [6.45, 7) is 3.66. The number of hydrogen-bond acceptors (Lipinski definition) is 1. The Morgan fingerprint density at radius 3 is 2.53 bits per heavy atom. The molecule has 0 spiro atoms. The normalized spacial score (nSPS) is 10.3. The third-order valence-corrected chi connectivity index (χ3v) is 2.45. The van der Waals surface area contributed by atoms with Crippen LogP contribution in [-0.4, -0.2) is 4.98 Å². The Balaban J connectivity index is 2.59. The van der Waals surface area contributed by atoms with E-state index in [0.29, 0.717) is 5.56 Å². The van der Waals surface area contributed by atoms with Gasteiger partial charge in [0.05, 0.1) is 5.69 Å². The van der Waals surface area contributed by atoms with Crippen molar-refractivity contribution in [2.24, 2.45) is 0 Å². The molecule has 1 aromatic heterocycles. The summed E-state index contributed by atoms with van der Waals surface area (Å²) < 4.78 is 13.3. The topological polar surface area (TPSA) is 12.9 Å². The molecular weight excluding hydrogens is 189 g/mol. The van der Waals surface area contributed by atoms with Gasteiger partial charge in [0.25, 0.3) is 0 Å². The molecule has 0 aliphatic rings. The van der Waals surface area contributed by atoms with Crippen molar-refractivity contribution in [3.05, 3.63) is 53.5 Å². The first-order chi connectivity index (χ1) is 7.18. The fourth-order valence-electron chi connectivity index (χ4n) is 1.58. The van der Waals surface area contributed by atoms with Crippen molar-refractivity contribution in [3.8, 4) is 11.3 Å². The van der Waals surface area contributed by atoms with E-state index in [1.165, 1.54) is 0 Å². The molecule has 0 fully saturated rings. The largest absolute Gasteiger partial charge is 0.256 e. The molecular formula is C13H12FN. The van der Waals surface area contributed by atoms with Gasteiger partial charge in [0.2, 0.25) is 0 Å². The summed E-state index contributed by atoms with van der Waals surface area (Å²) in [5, 5.41) is 0. The van der Waals surface area contributed by atoms with Gasteiger partial charge in [-0.2, -0.15) is 0 Å². The van der Waals surface area contributed by atoms with Crippen molar-refractivity contribution in [2.75, 3.05) is 0 Å². The van der Waals surface area contributed by atoms with E-state index >= 15 is 0 Å². The number of aryl methyl sites for hydroxylation is 2. The van der Waals surface area contributed by atoms with Crippen LogP contribution in [0.5, 0.6) is 0 Å². The molecule has 76 valence electrons. The van der Waals surface area contributed by atoms with Crippen LogP contribution < -0.4 is 0 Å². The van der Waals surface area contributed by atoms with Gasteiger partial charge in [0.1, 0.15) is 5.82 Å². The molecule has 0 bridgehead atoms. The Kier molecular flexibility index (Phi) is 2.50. The van der Waals surface area contributed by atoms with Crippen LogP contribution in [0.15, 0.2) is 36.5 Å². The molecule has 1 aromatic carbocycles. The van der Waals surface area contributed by atoms with Crippen molar-refractivity contribution >= 4 is 0 Å². The van der Waals surface area contributed by atoms with E-state index < -0.39 is 0 Å². The van der Waals surface area contributed by atoms with Gasteiger partial charge in [-0.3, -0.25) is 4.98 Å². The Morgan fingerprint density at radius 2 is 1.87 bits per heavy atom. The minimum absolute atomic E-state index is 0.160. The fourth-order valence-corrected chi connectivity index (χ4v) is 1.58. The molecule has 0 atom stereocenters. The number of benzene rings is 1. The van der Waals surface area contributed by atoms with E-state index in [0.717, 1.165) is 16.8 Å². The van der Waals surface area contributed by atoms with Gasteiger partial charge in [-0.05, 0) is 49.2 Å². The molecule has 1 heterocycles. The second-order valence-electron chi connectivity index (χ2n) is 3.63. The monoisotopic (exact) mass is 201 g/mol. The van der Waals surface area contributed by atoms with Gasteiger partial charge in [-0.25, -0.2) is 4.39 Å². The van der Waals surface area contributed by atoms with Gasteiger partial charge < -0.3 is 0 Å². The summed E-state index contributed by atoms with van der Waals surface area (Å²) >= 11 is 0. The van der Waals surface area contributed by atoms with Crippen LogP contribution in [-0.2, 0) is 0 Å². The molecule has 0 N–H and O–H groups in total. The second-order valence-corrected chi connectivity index (χ2v) is 3.63. The Labute approximate surface area is 88.6 Å². The fraction of sp³-hybridized carbons (Fsp3) is 0.154. The third-order valence-electron chi connectivity index (χ3n) is 2.45. The first-order valence-electron chi connectivity index (χ1n) is 4.86. The molecule has 0 saturated carbocycles. The third kappa shape index (κ3) is 1.89. The lowest BCUT2D eigenvalue weighted by Crippen LogP contribution is -1.90. The smallest absolute Gasteiger partial charge is 0.126 e. The summed E-state index contributed by atoms with van der Waals surface area (Å²) in [4.78, 5) is 4.26. The van der Waals surface area contributed by atoms with E-state index in [-0.39, 0.29) is 5.82 Å². The van der Waals surface area contributed by atoms with E-state index in [2.05, 4.69) is 4.98 Å². The lowest BCUT2D eigenvalue weighted by Gasteiger charge is -2.07. The Morgan fingerprint density at radius 1 is 1.07 bits per heavy atom. The highest BCUT2D eigenvalue weighted by molar-refractivity contribution is 5.64. The molecule has 15 heavy (non-hydrogen) atoms. The SMILES string of the molecule is Cc1cc(-c2ccccn2)c(C)cc1F. The van der Waals surface area contributed by atoms with Crippen LogP contribution >= 0.6 is 0 Å². The number of halogens is 1. The van der Waals surface area contributed by atoms with Crippen molar-refractivity contribution in [2.45, 2.75) is 13.8 Å². The van der Waals surface area contributed by atoms with Crippen LogP contribution in [0.3, 0.4) is 0 Å². The van der Waals surface area contributed by atoms with E-state index in [1.54, 1.807) is 19.2 Å². The average molecular weight is 201 g/mol. The minimum atomic E-state index is -0.160. The van der Waals surface area contributed by atoms with Crippen molar-refractivity contribution in [1.29, 1.82) is 0 Å². The zero-order valence-electron chi connectivity index (χ0n) is 8.79. The van der Waals surface area contributed by atoms with Crippen LogP contribution in [0, 0.1) is 19.7 Å². The Bertz CT molecular complexity index is 477. The highest BCUT2D eigenvalue weighted by Gasteiger charge is 2.06. The van der Waals surface area contributed by atoms with E-state index in [4.69, 9.17) is 0 Å². The number of aromatic nitrogens is 1. The number of pyridine rings is 1. The van der Waals surface area contributed by atoms with E-state index in [9.17, 15) is 4.39 Å². The van der Waals surface area contributed by atoms with Crippen molar-refractivity contribution < 1.29 is 4.39 Å². The highest BCUT2D eigenvalue weighted by Crippen LogP contribution is 2.23. The molecule has 2 rings (SSSR count). The maximum Gasteiger partial charge on any atom is 0.126 e. The van der Waals surface area contributed by atoms with Gasteiger partial charge in [-0.1, -0.05) is 6.07 Å². The average Bonchev–Trinajstić information content (AvgIpc) is 2.25. The van der Waals surface area contributed by atoms with Gasteiger partial charge in [0, 0.05) is 11.8 Å². The van der Waals surface area contributed by atoms with E-state index in [1.807, 2.05) is 31.2 Å². The van der Waals surface area contributed by atoms with Crippen LogP contribution in [0.1, 0.15) is 11.1 Å². The van der Waals surface area contributed by atoms with Gasteiger partial charge >= 0.3 is 0 Å².